The van der Waals surface area contributed by atoms with Gasteiger partial charge in [-0.1, -0.05) is 18.2 Å². The minimum Gasteiger partial charge on any atom is -0.357 e. The molecule has 1 aromatic carbocycles. The summed E-state index contributed by atoms with van der Waals surface area (Å²) >= 11 is 0. The number of hydrogen-bond acceptors (Lipinski definition) is 3. The molecule has 0 radical (unpaired) electrons. The SMILES string of the molecule is CCNC(=NCCS(=O)c1ccccc1)NC1CCN(C2CC2)CC1.I. The number of guanidine groups is 1. The van der Waals surface area contributed by atoms with Crippen molar-refractivity contribution < 1.29 is 4.21 Å². The topological polar surface area (TPSA) is 56.7 Å². The zero-order valence-electron chi connectivity index (χ0n) is 15.5. The van der Waals surface area contributed by atoms with Crippen LogP contribution in [-0.4, -0.2) is 59.1 Å². The Hall–Kier alpha value is -0.670. The Morgan fingerprint density at radius 2 is 1.88 bits per heavy atom. The van der Waals surface area contributed by atoms with E-state index in [1.54, 1.807) is 0 Å². The van der Waals surface area contributed by atoms with Gasteiger partial charge in [0.1, 0.15) is 0 Å². The molecule has 7 heteroatoms. The van der Waals surface area contributed by atoms with Gasteiger partial charge in [-0.05, 0) is 44.7 Å². The molecule has 1 aliphatic carbocycles. The molecule has 0 amide bonds. The largest absolute Gasteiger partial charge is 0.357 e. The maximum atomic E-state index is 12.3. The fourth-order valence-electron chi connectivity index (χ4n) is 3.29. The second-order valence-corrected chi connectivity index (χ2v) is 8.38. The summed E-state index contributed by atoms with van der Waals surface area (Å²) in [5.41, 5.74) is 0. The first-order valence-electron chi connectivity index (χ1n) is 9.48. The van der Waals surface area contributed by atoms with Gasteiger partial charge in [-0.2, -0.15) is 0 Å². The zero-order chi connectivity index (χ0) is 17.5. The summed E-state index contributed by atoms with van der Waals surface area (Å²) in [5, 5.41) is 6.88. The van der Waals surface area contributed by atoms with Crippen molar-refractivity contribution in [1.82, 2.24) is 15.5 Å². The fourth-order valence-corrected chi connectivity index (χ4v) is 4.25. The molecule has 3 rings (SSSR count). The van der Waals surface area contributed by atoms with E-state index in [0.29, 0.717) is 18.3 Å². The second kappa shape index (κ2) is 11.2. The number of hydrogen-bond donors (Lipinski definition) is 2. The third-order valence-corrected chi connectivity index (χ3v) is 6.18. The van der Waals surface area contributed by atoms with Crippen molar-refractivity contribution in [3.8, 4) is 0 Å². The lowest BCUT2D eigenvalue weighted by Gasteiger charge is -2.33. The monoisotopic (exact) mass is 490 g/mol. The smallest absolute Gasteiger partial charge is 0.191 e. The molecule has 1 heterocycles. The average Bonchev–Trinajstić information content (AvgIpc) is 3.48. The summed E-state index contributed by atoms with van der Waals surface area (Å²) in [7, 11) is -0.983. The van der Waals surface area contributed by atoms with Crippen LogP contribution in [0.1, 0.15) is 32.6 Å². The Labute approximate surface area is 176 Å². The zero-order valence-corrected chi connectivity index (χ0v) is 18.7. The van der Waals surface area contributed by atoms with E-state index < -0.39 is 10.8 Å². The van der Waals surface area contributed by atoms with Gasteiger partial charge in [-0.25, -0.2) is 0 Å². The number of halogens is 1. The Bertz CT molecular complexity index is 586. The number of likely N-dealkylation sites (tertiary alicyclic amines) is 1. The summed E-state index contributed by atoms with van der Waals surface area (Å²) in [5.74, 6) is 1.41. The minimum absolute atomic E-state index is 0. The van der Waals surface area contributed by atoms with Gasteiger partial charge in [-0.3, -0.25) is 9.20 Å². The average molecular weight is 490 g/mol. The van der Waals surface area contributed by atoms with Gasteiger partial charge in [-0.15, -0.1) is 24.0 Å². The van der Waals surface area contributed by atoms with E-state index in [1.165, 1.54) is 38.8 Å². The van der Waals surface area contributed by atoms with Crippen molar-refractivity contribution in [2.24, 2.45) is 4.99 Å². The maximum absolute atomic E-state index is 12.3. The highest BCUT2D eigenvalue weighted by atomic mass is 127. The third kappa shape index (κ3) is 6.81. The summed E-state index contributed by atoms with van der Waals surface area (Å²) in [6.45, 7) is 5.88. The molecule has 2 N–H and O–H groups in total. The second-order valence-electron chi connectivity index (χ2n) is 6.81. The van der Waals surface area contributed by atoms with Crippen LogP contribution in [0.3, 0.4) is 0 Å². The molecule has 146 valence electrons. The van der Waals surface area contributed by atoms with Crippen molar-refractivity contribution in [2.75, 3.05) is 31.9 Å². The van der Waals surface area contributed by atoms with E-state index in [0.717, 1.165) is 23.4 Å². The van der Waals surface area contributed by atoms with Crippen LogP contribution in [0.15, 0.2) is 40.2 Å². The lowest BCUT2D eigenvalue weighted by Crippen LogP contribution is -2.49. The molecule has 26 heavy (non-hydrogen) atoms. The molecule has 1 unspecified atom stereocenters. The van der Waals surface area contributed by atoms with E-state index in [9.17, 15) is 4.21 Å². The van der Waals surface area contributed by atoms with Crippen molar-refractivity contribution >= 4 is 40.7 Å². The number of piperidine rings is 1. The van der Waals surface area contributed by atoms with Gasteiger partial charge >= 0.3 is 0 Å². The number of aliphatic imine (C=N–C) groups is 1. The molecule has 0 bridgehead atoms. The van der Waals surface area contributed by atoms with E-state index in [4.69, 9.17) is 0 Å². The van der Waals surface area contributed by atoms with Crippen LogP contribution < -0.4 is 10.6 Å². The number of nitrogens with zero attached hydrogens (tertiary/aromatic N) is 2. The van der Waals surface area contributed by atoms with Crippen LogP contribution in [0.4, 0.5) is 0 Å². The van der Waals surface area contributed by atoms with Crippen LogP contribution in [0.5, 0.6) is 0 Å². The van der Waals surface area contributed by atoms with Gasteiger partial charge in [0, 0.05) is 42.4 Å². The molecule has 5 nitrogen and oxygen atoms in total. The van der Waals surface area contributed by atoms with Crippen molar-refractivity contribution in [3.05, 3.63) is 30.3 Å². The first kappa shape index (κ1) is 21.6. The predicted molar refractivity (Wildman–Crippen MR) is 120 cm³/mol. The van der Waals surface area contributed by atoms with Crippen LogP contribution >= 0.6 is 24.0 Å². The Kier molecular flexibility index (Phi) is 9.35. The lowest BCUT2D eigenvalue weighted by atomic mass is 10.1. The Morgan fingerprint density at radius 1 is 1.19 bits per heavy atom. The van der Waals surface area contributed by atoms with E-state index in [2.05, 4.69) is 27.4 Å². The summed E-state index contributed by atoms with van der Waals surface area (Å²) in [6.07, 6.45) is 5.13. The molecule has 1 saturated carbocycles. The van der Waals surface area contributed by atoms with Crippen LogP contribution in [0.2, 0.25) is 0 Å². The highest BCUT2D eigenvalue weighted by Gasteiger charge is 2.31. The molecule has 1 saturated heterocycles. The standard InChI is InChI=1S/C19H30N4OS.HI/c1-2-20-19(21-12-15-25(24)18-6-4-3-5-7-18)22-16-10-13-23(14-11-16)17-8-9-17;/h3-7,16-17H,2,8-15H2,1H3,(H2,20,21,22);1H. The maximum Gasteiger partial charge on any atom is 0.191 e. The molecule has 2 fully saturated rings. The number of benzene rings is 1. The Morgan fingerprint density at radius 3 is 2.50 bits per heavy atom. The Balaban J connectivity index is 0.00000243. The fraction of sp³-hybridized carbons (Fsp3) is 0.632. The van der Waals surface area contributed by atoms with Gasteiger partial charge in [0.2, 0.25) is 0 Å². The van der Waals surface area contributed by atoms with Gasteiger partial charge < -0.3 is 15.5 Å². The van der Waals surface area contributed by atoms with E-state index >= 15 is 0 Å². The van der Waals surface area contributed by atoms with E-state index in [1.807, 2.05) is 30.3 Å². The van der Waals surface area contributed by atoms with Crippen LogP contribution in [-0.2, 0) is 10.8 Å². The number of rotatable bonds is 7. The lowest BCUT2D eigenvalue weighted by molar-refractivity contribution is 0.197. The molecule has 1 aromatic rings. The van der Waals surface area contributed by atoms with Gasteiger partial charge in [0.25, 0.3) is 0 Å². The summed E-state index contributed by atoms with van der Waals surface area (Å²) in [4.78, 5) is 8.14. The molecule has 0 aromatic heterocycles. The first-order chi connectivity index (χ1) is 12.3. The minimum atomic E-state index is -0.983. The summed E-state index contributed by atoms with van der Waals surface area (Å²) < 4.78 is 12.3. The van der Waals surface area contributed by atoms with Gasteiger partial charge in [0.05, 0.1) is 17.3 Å². The van der Waals surface area contributed by atoms with Crippen molar-refractivity contribution in [2.45, 2.75) is 49.6 Å². The van der Waals surface area contributed by atoms with Crippen molar-refractivity contribution in [3.63, 3.8) is 0 Å². The quantitative estimate of drug-likeness (QED) is 0.351. The molecule has 0 spiro atoms. The van der Waals surface area contributed by atoms with Crippen LogP contribution in [0.25, 0.3) is 0 Å². The van der Waals surface area contributed by atoms with Crippen LogP contribution in [0, 0.1) is 0 Å². The highest BCUT2D eigenvalue weighted by Crippen LogP contribution is 2.29. The van der Waals surface area contributed by atoms with Gasteiger partial charge in [0.15, 0.2) is 5.96 Å². The predicted octanol–water partition coefficient (Wildman–Crippen LogP) is 2.59. The molecule has 1 atom stereocenters. The molecular formula is C19H31IN4OS. The molecule has 2 aliphatic rings. The van der Waals surface area contributed by atoms with Crippen molar-refractivity contribution in [1.29, 1.82) is 0 Å². The normalized spacial score (nSPS) is 20.3. The molecule has 1 aliphatic heterocycles. The third-order valence-electron chi connectivity index (χ3n) is 4.83. The number of nitrogens with one attached hydrogen (secondary N) is 2. The first-order valence-corrected chi connectivity index (χ1v) is 10.8. The molecular weight excluding hydrogens is 459 g/mol. The highest BCUT2D eigenvalue weighted by molar-refractivity contribution is 14.0. The van der Waals surface area contributed by atoms with E-state index in [-0.39, 0.29) is 24.0 Å². The summed E-state index contributed by atoms with van der Waals surface area (Å²) in [6, 6.07) is 11.0.